The lowest BCUT2D eigenvalue weighted by Gasteiger charge is -2.08. The molecule has 1 aromatic carbocycles. The van der Waals surface area contributed by atoms with Gasteiger partial charge in [0.05, 0.1) is 10.9 Å². The van der Waals surface area contributed by atoms with Crippen LogP contribution in [-0.2, 0) is 22.6 Å². The predicted molar refractivity (Wildman–Crippen MR) is 98.3 cm³/mol. The molecule has 0 aliphatic heterocycles. The summed E-state index contributed by atoms with van der Waals surface area (Å²) < 4.78 is 6.20. The molecule has 1 aromatic heterocycles. The van der Waals surface area contributed by atoms with Gasteiger partial charge in [-0.15, -0.1) is 11.3 Å². The number of nitrogens with one attached hydrogen (secondary N) is 1. The second-order valence-electron chi connectivity index (χ2n) is 5.47. The Balaban J connectivity index is 1.66. The van der Waals surface area contributed by atoms with Crippen LogP contribution in [0.25, 0.3) is 0 Å². The van der Waals surface area contributed by atoms with E-state index in [1.54, 1.807) is 0 Å². The first-order chi connectivity index (χ1) is 12.0. The van der Waals surface area contributed by atoms with E-state index in [2.05, 4.69) is 5.32 Å². The summed E-state index contributed by atoms with van der Waals surface area (Å²) in [6.45, 7) is 0.832. The predicted octanol–water partition coefficient (Wildman–Crippen LogP) is 3.89. The van der Waals surface area contributed by atoms with Gasteiger partial charge in [-0.1, -0.05) is 23.7 Å². The first-order valence-corrected chi connectivity index (χ1v) is 9.17. The number of carboxylic acid groups (broad SMARTS) is 1. The smallest absolute Gasteiger partial charge is 0.303 e. The number of carbonyl (C=O) groups is 2. The number of amides is 1. The van der Waals surface area contributed by atoms with Gasteiger partial charge < -0.3 is 15.2 Å². The largest absolute Gasteiger partial charge is 0.494 e. The van der Waals surface area contributed by atoms with E-state index < -0.39 is 5.97 Å². The number of thiophene rings is 1. The highest BCUT2D eigenvalue weighted by Gasteiger charge is 2.05. The molecule has 0 bridgehead atoms. The van der Waals surface area contributed by atoms with Crippen molar-refractivity contribution in [2.45, 2.75) is 32.2 Å². The lowest BCUT2D eigenvalue weighted by atomic mass is 10.2. The maximum atomic E-state index is 11.9. The van der Waals surface area contributed by atoms with E-state index in [1.807, 2.05) is 36.4 Å². The Labute approximate surface area is 155 Å². The number of carbonyl (C=O) groups excluding carboxylic acids is 1. The van der Waals surface area contributed by atoms with Gasteiger partial charge in [0.2, 0.25) is 5.91 Å². The lowest BCUT2D eigenvalue weighted by molar-refractivity contribution is -0.137. The molecule has 0 saturated carbocycles. The number of ether oxygens (including phenoxy) is 1. The molecule has 0 aliphatic carbocycles. The Morgan fingerprint density at radius 1 is 1.12 bits per heavy atom. The van der Waals surface area contributed by atoms with Gasteiger partial charge in [-0.05, 0) is 42.7 Å². The topological polar surface area (TPSA) is 75.6 Å². The van der Waals surface area contributed by atoms with E-state index in [0.717, 1.165) is 14.8 Å². The molecule has 25 heavy (non-hydrogen) atoms. The molecule has 5 nitrogen and oxygen atoms in total. The number of rotatable bonds is 10. The van der Waals surface area contributed by atoms with Gasteiger partial charge in [-0.2, -0.15) is 0 Å². The first-order valence-electron chi connectivity index (χ1n) is 7.97. The molecular weight excluding hydrogens is 362 g/mol. The third kappa shape index (κ3) is 7.58. The molecule has 0 atom stereocenters. The summed E-state index contributed by atoms with van der Waals surface area (Å²) in [6.07, 6.45) is 1.69. The van der Waals surface area contributed by atoms with Gasteiger partial charge in [-0.25, -0.2) is 0 Å². The van der Waals surface area contributed by atoms with Crippen LogP contribution in [0.1, 0.15) is 29.7 Å². The number of halogens is 1. The van der Waals surface area contributed by atoms with Crippen molar-refractivity contribution in [3.05, 3.63) is 51.2 Å². The maximum Gasteiger partial charge on any atom is 0.303 e. The molecular formula is C18H20ClNO4S. The Morgan fingerprint density at radius 2 is 1.88 bits per heavy atom. The molecule has 134 valence electrons. The summed E-state index contributed by atoms with van der Waals surface area (Å²) in [7, 11) is 0. The van der Waals surface area contributed by atoms with Crippen molar-refractivity contribution in [2.24, 2.45) is 0 Å². The molecule has 2 rings (SSSR count). The van der Waals surface area contributed by atoms with Gasteiger partial charge in [0, 0.05) is 24.3 Å². The second-order valence-corrected chi connectivity index (χ2v) is 7.27. The number of hydrogen-bond acceptors (Lipinski definition) is 4. The van der Waals surface area contributed by atoms with Gasteiger partial charge in [0.25, 0.3) is 0 Å². The third-order valence-electron chi connectivity index (χ3n) is 3.44. The molecule has 1 heterocycles. The zero-order valence-electron chi connectivity index (χ0n) is 13.7. The molecule has 2 N–H and O–H groups in total. The van der Waals surface area contributed by atoms with Crippen molar-refractivity contribution in [3.8, 4) is 5.75 Å². The molecule has 0 saturated heterocycles. The molecule has 0 aliphatic rings. The SMILES string of the molecule is O=C(O)CCCOc1ccc(CNC(=O)CCc2ccc(Cl)s2)cc1. The van der Waals surface area contributed by atoms with E-state index >= 15 is 0 Å². The van der Waals surface area contributed by atoms with E-state index in [1.165, 1.54) is 11.3 Å². The summed E-state index contributed by atoms with van der Waals surface area (Å²) in [6, 6.07) is 11.2. The minimum atomic E-state index is -0.822. The number of aryl methyl sites for hydroxylation is 1. The fraction of sp³-hybridized carbons (Fsp3) is 0.333. The number of aliphatic carboxylic acids is 1. The average molecular weight is 382 g/mol. The minimum Gasteiger partial charge on any atom is -0.494 e. The number of carboxylic acids is 1. The van der Waals surface area contributed by atoms with E-state index in [9.17, 15) is 9.59 Å². The molecule has 0 spiro atoms. The highest BCUT2D eigenvalue weighted by molar-refractivity contribution is 7.16. The lowest BCUT2D eigenvalue weighted by Crippen LogP contribution is -2.22. The van der Waals surface area contributed by atoms with Crippen LogP contribution in [0.5, 0.6) is 5.75 Å². The Bertz CT molecular complexity index is 699. The van der Waals surface area contributed by atoms with Gasteiger partial charge in [-0.3, -0.25) is 9.59 Å². The van der Waals surface area contributed by atoms with Crippen molar-refractivity contribution in [3.63, 3.8) is 0 Å². The first kappa shape index (κ1) is 19.3. The molecule has 7 heteroatoms. The van der Waals surface area contributed by atoms with Crippen LogP contribution >= 0.6 is 22.9 Å². The average Bonchev–Trinajstić information content (AvgIpc) is 3.01. The quantitative estimate of drug-likeness (QED) is 0.612. The van der Waals surface area contributed by atoms with Crippen molar-refractivity contribution >= 4 is 34.8 Å². The molecule has 0 unspecified atom stereocenters. The van der Waals surface area contributed by atoms with Gasteiger partial charge in [0.15, 0.2) is 0 Å². The molecule has 1 amide bonds. The van der Waals surface area contributed by atoms with Crippen LogP contribution in [0.4, 0.5) is 0 Å². The fourth-order valence-corrected chi connectivity index (χ4v) is 3.22. The zero-order valence-corrected chi connectivity index (χ0v) is 15.2. The van der Waals surface area contributed by atoms with Crippen LogP contribution in [0.2, 0.25) is 4.34 Å². The maximum absolute atomic E-state index is 11.9. The Hall–Kier alpha value is -2.05. The summed E-state index contributed by atoms with van der Waals surface area (Å²) in [5.74, 6) is -0.134. The monoisotopic (exact) mass is 381 g/mol. The minimum absolute atomic E-state index is 0.00137. The van der Waals surface area contributed by atoms with Crippen molar-refractivity contribution in [2.75, 3.05) is 6.61 Å². The fourth-order valence-electron chi connectivity index (χ4n) is 2.13. The van der Waals surface area contributed by atoms with Gasteiger partial charge >= 0.3 is 5.97 Å². The van der Waals surface area contributed by atoms with Crippen LogP contribution in [0.3, 0.4) is 0 Å². The summed E-state index contributed by atoms with van der Waals surface area (Å²) >= 11 is 7.36. The van der Waals surface area contributed by atoms with E-state index in [-0.39, 0.29) is 12.3 Å². The van der Waals surface area contributed by atoms with Crippen LogP contribution < -0.4 is 10.1 Å². The van der Waals surface area contributed by atoms with Crippen LogP contribution in [0, 0.1) is 0 Å². The van der Waals surface area contributed by atoms with E-state index in [0.29, 0.717) is 38.2 Å². The Kier molecular flexibility index (Phi) is 7.76. The zero-order chi connectivity index (χ0) is 18.1. The Morgan fingerprint density at radius 3 is 2.52 bits per heavy atom. The van der Waals surface area contributed by atoms with Crippen molar-refractivity contribution in [1.29, 1.82) is 0 Å². The molecule has 0 radical (unpaired) electrons. The number of hydrogen-bond donors (Lipinski definition) is 2. The van der Waals surface area contributed by atoms with Crippen LogP contribution in [0.15, 0.2) is 36.4 Å². The second kappa shape index (κ2) is 10.1. The van der Waals surface area contributed by atoms with Crippen molar-refractivity contribution < 1.29 is 19.4 Å². The summed E-state index contributed by atoms with van der Waals surface area (Å²) in [5.41, 5.74) is 0.977. The normalized spacial score (nSPS) is 10.4. The summed E-state index contributed by atoms with van der Waals surface area (Å²) in [5, 5.41) is 11.4. The highest BCUT2D eigenvalue weighted by Crippen LogP contribution is 2.22. The highest BCUT2D eigenvalue weighted by atomic mass is 35.5. The third-order valence-corrected chi connectivity index (χ3v) is 4.73. The van der Waals surface area contributed by atoms with Crippen molar-refractivity contribution in [1.82, 2.24) is 5.32 Å². The standard InChI is InChI=1S/C18H20ClNO4S/c19-16-9-7-15(25-16)8-10-17(21)20-12-13-3-5-14(6-4-13)24-11-1-2-18(22)23/h3-7,9H,1-2,8,10-12H2,(H,20,21)(H,22,23). The van der Waals surface area contributed by atoms with Gasteiger partial charge in [0.1, 0.15) is 5.75 Å². The molecule has 0 fully saturated rings. The molecule has 2 aromatic rings. The van der Waals surface area contributed by atoms with Crippen LogP contribution in [-0.4, -0.2) is 23.6 Å². The number of benzene rings is 1. The van der Waals surface area contributed by atoms with E-state index in [4.69, 9.17) is 21.4 Å². The summed E-state index contributed by atoms with van der Waals surface area (Å²) in [4.78, 5) is 23.4.